The SMILES string of the molecule is Nc1ccc(CC(=O)NCCN2CCC(Oc3ccc(Cl)c(Cl)c3)CC2)cn1. The summed E-state index contributed by atoms with van der Waals surface area (Å²) in [5.41, 5.74) is 6.40. The Balaban J connectivity index is 1.33. The number of nitrogens with two attached hydrogens (primary N) is 1. The molecular formula is C20H24Cl2N4O2. The van der Waals surface area contributed by atoms with Crippen LogP contribution in [0.5, 0.6) is 5.75 Å². The van der Waals surface area contributed by atoms with Crippen LogP contribution >= 0.6 is 23.2 Å². The van der Waals surface area contributed by atoms with Gasteiger partial charge >= 0.3 is 0 Å². The van der Waals surface area contributed by atoms with Crippen LogP contribution in [0.4, 0.5) is 5.82 Å². The van der Waals surface area contributed by atoms with Gasteiger partial charge in [-0.25, -0.2) is 4.98 Å². The average Bonchev–Trinajstić information content (AvgIpc) is 2.68. The van der Waals surface area contributed by atoms with Crippen LogP contribution in [0, 0.1) is 0 Å². The van der Waals surface area contributed by atoms with E-state index in [0.717, 1.165) is 43.8 Å². The van der Waals surface area contributed by atoms with Gasteiger partial charge < -0.3 is 20.7 Å². The molecule has 0 bridgehead atoms. The van der Waals surface area contributed by atoms with Crippen LogP contribution in [0.25, 0.3) is 0 Å². The lowest BCUT2D eigenvalue weighted by atomic mass is 10.1. The number of likely N-dealkylation sites (tertiary alicyclic amines) is 1. The maximum absolute atomic E-state index is 12.0. The summed E-state index contributed by atoms with van der Waals surface area (Å²) in [4.78, 5) is 18.3. The molecule has 0 atom stereocenters. The Morgan fingerprint density at radius 3 is 2.68 bits per heavy atom. The van der Waals surface area contributed by atoms with E-state index >= 15 is 0 Å². The number of ether oxygens (including phenoxy) is 1. The molecule has 0 radical (unpaired) electrons. The summed E-state index contributed by atoms with van der Waals surface area (Å²) >= 11 is 12.0. The maximum Gasteiger partial charge on any atom is 0.224 e. The van der Waals surface area contributed by atoms with Gasteiger partial charge in [-0.3, -0.25) is 4.79 Å². The van der Waals surface area contributed by atoms with Gasteiger partial charge in [0.2, 0.25) is 5.91 Å². The van der Waals surface area contributed by atoms with Crippen molar-refractivity contribution in [1.29, 1.82) is 0 Å². The number of piperidine rings is 1. The summed E-state index contributed by atoms with van der Waals surface area (Å²) in [6, 6.07) is 8.86. The minimum absolute atomic E-state index is 0.00981. The third-order valence-corrected chi connectivity index (χ3v) is 5.43. The molecule has 0 aliphatic carbocycles. The topological polar surface area (TPSA) is 80.5 Å². The Morgan fingerprint density at radius 2 is 2.00 bits per heavy atom. The second-order valence-electron chi connectivity index (χ2n) is 6.85. The zero-order chi connectivity index (χ0) is 19.9. The third-order valence-electron chi connectivity index (χ3n) is 4.69. The lowest BCUT2D eigenvalue weighted by Gasteiger charge is -2.32. The van der Waals surface area contributed by atoms with E-state index in [-0.39, 0.29) is 12.0 Å². The van der Waals surface area contributed by atoms with Crippen molar-refractivity contribution in [2.75, 3.05) is 31.9 Å². The van der Waals surface area contributed by atoms with Crippen LogP contribution in [-0.4, -0.2) is 48.1 Å². The number of carbonyl (C=O) groups is 1. The summed E-state index contributed by atoms with van der Waals surface area (Å²) in [6.07, 6.45) is 3.98. The second-order valence-corrected chi connectivity index (χ2v) is 7.67. The van der Waals surface area contributed by atoms with Crippen molar-refractivity contribution in [3.05, 3.63) is 52.1 Å². The van der Waals surface area contributed by atoms with Crippen LogP contribution in [0.15, 0.2) is 36.5 Å². The third kappa shape index (κ3) is 6.26. The highest BCUT2D eigenvalue weighted by Gasteiger charge is 2.20. The molecule has 1 aliphatic rings. The van der Waals surface area contributed by atoms with E-state index in [1.54, 1.807) is 24.4 Å². The van der Waals surface area contributed by atoms with Gasteiger partial charge in [-0.05, 0) is 36.6 Å². The standard InChI is InChI=1S/C20H24Cl2N4O2/c21-17-3-2-16(12-18(17)22)28-15-5-8-26(9-6-15)10-7-24-20(27)11-14-1-4-19(23)25-13-14/h1-4,12-13,15H,5-11H2,(H2,23,25)(H,24,27). The molecule has 0 unspecified atom stereocenters. The van der Waals surface area contributed by atoms with Gasteiger partial charge in [0.1, 0.15) is 17.7 Å². The van der Waals surface area contributed by atoms with Crippen molar-refractivity contribution in [2.24, 2.45) is 0 Å². The highest BCUT2D eigenvalue weighted by atomic mass is 35.5. The van der Waals surface area contributed by atoms with Crippen molar-refractivity contribution in [1.82, 2.24) is 15.2 Å². The minimum atomic E-state index is -0.00981. The quantitative estimate of drug-likeness (QED) is 0.715. The van der Waals surface area contributed by atoms with Crippen molar-refractivity contribution in [2.45, 2.75) is 25.4 Å². The van der Waals surface area contributed by atoms with E-state index < -0.39 is 0 Å². The number of rotatable bonds is 7. The number of benzene rings is 1. The minimum Gasteiger partial charge on any atom is -0.490 e. The van der Waals surface area contributed by atoms with Crippen molar-refractivity contribution >= 4 is 34.9 Å². The van der Waals surface area contributed by atoms with Gasteiger partial charge in [-0.2, -0.15) is 0 Å². The highest BCUT2D eigenvalue weighted by Crippen LogP contribution is 2.28. The largest absolute Gasteiger partial charge is 0.490 e. The number of aromatic nitrogens is 1. The second kappa shape index (κ2) is 9.96. The number of anilines is 1. The highest BCUT2D eigenvalue weighted by molar-refractivity contribution is 6.42. The molecule has 1 saturated heterocycles. The molecule has 6 nitrogen and oxygen atoms in total. The van der Waals surface area contributed by atoms with Crippen molar-refractivity contribution in [3.63, 3.8) is 0 Å². The van der Waals surface area contributed by atoms with Gasteiger partial charge in [-0.1, -0.05) is 29.3 Å². The monoisotopic (exact) mass is 422 g/mol. The maximum atomic E-state index is 12.0. The number of nitrogen functional groups attached to an aromatic ring is 1. The van der Waals surface area contributed by atoms with Gasteiger partial charge in [0.05, 0.1) is 16.5 Å². The van der Waals surface area contributed by atoms with Crippen LogP contribution in [0.3, 0.4) is 0 Å². The van der Waals surface area contributed by atoms with Crippen molar-refractivity contribution < 1.29 is 9.53 Å². The molecular weight excluding hydrogens is 399 g/mol. The van der Waals surface area contributed by atoms with Gasteiger partial charge in [0.15, 0.2) is 0 Å². The molecule has 1 fully saturated rings. The Bertz CT molecular complexity index is 793. The zero-order valence-corrected chi connectivity index (χ0v) is 17.0. The predicted molar refractivity (Wildman–Crippen MR) is 112 cm³/mol. The Hall–Kier alpha value is -2.02. The molecule has 150 valence electrons. The Labute approximate surface area is 175 Å². The molecule has 1 aromatic heterocycles. The summed E-state index contributed by atoms with van der Waals surface area (Å²) in [5, 5.41) is 3.99. The number of nitrogens with zero attached hydrogens (tertiary/aromatic N) is 2. The van der Waals surface area contributed by atoms with Gasteiger partial charge in [0.25, 0.3) is 0 Å². The molecule has 28 heavy (non-hydrogen) atoms. The number of pyridine rings is 1. The number of amides is 1. The summed E-state index contributed by atoms with van der Waals surface area (Å²) in [6.45, 7) is 3.32. The first kappa shape index (κ1) is 20.7. The normalized spacial score (nSPS) is 15.4. The molecule has 3 rings (SSSR count). The lowest BCUT2D eigenvalue weighted by molar-refractivity contribution is -0.120. The van der Waals surface area contributed by atoms with Crippen LogP contribution in [-0.2, 0) is 11.2 Å². The Morgan fingerprint density at radius 1 is 1.21 bits per heavy atom. The smallest absolute Gasteiger partial charge is 0.224 e. The first-order chi connectivity index (χ1) is 13.5. The number of halogens is 2. The van der Waals surface area contributed by atoms with E-state index in [1.807, 2.05) is 12.1 Å². The van der Waals surface area contributed by atoms with Crippen LogP contribution in [0.1, 0.15) is 18.4 Å². The fraction of sp³-hybridized carbons (Fsp3) is 0.400. The van der Waals surface area contributed by atoms with E-state index in [0.29, 0.717) is 28.8 Å². The number of hydrogen-bond donors (Lipinski definition) is 2. The number of carbonyl (C=O) groups excluding carboxylic acids is 1. The zero-order valence-electron chi connectivity index (χ0n) is 15.5. The number of hydrogen-bond acceptors (Lipinski definition) is 5. The van der Waals surface area contributed by atoms with Gasteiger partial charge in [-0.15, -0.1) is 0 Å². The summed E-state index contributed by atoms with van der Waals surface area (Å²) in [7, 11) is 0. The van der Waals surface area contributed by atoms with E-state index in [1.165, 1.54) is 0 Å². The van der Waals surface area contributed by atoms with Crippen LogP contribution < -0.4 is 15.8 Å². The number of nitrogens with one attached hydrogen (secondary N) is 1. The van der Waals surface area contributed by atoms with E-state index in [9.17, 15) is 4.79 Å². The molecule has 2 aromatic rings. The van der Waals surface area contributed by atoms with Crippen molar-refractivity contribution in [3.8, 4) is 5.75 Å². The summed E-state index contributed by atoms with van der Waals surface area (Å²) < 4.78 is 6.00. The molecule has 8 heteroatoms. The van der Waals surface area contributed by atoms with E-state index in [2.05, 4.69) is 15.2 Å². The molecule has 1 amide bonds. The molecule has 0 saturated carbocycles. The molecule has 3 N–H and O–H groups in total. The van der Waals surface area contributed by atoms with E-state index in [4.69, 9.17) is 33.7 Å². The average molecular weight is 423 g/mol. The molecule has 1 aliphatic heterocycles. The molecule has 1 aromatic carbocycles. The molecule has 2 heterocycles. The predicted octanol–water partition coefficient (Wildman–Crippen LogP) is 3.17. The van der Waals surface area contributed by atoms with Crippen LogP contribution in [0.2, 0.25) is 10.0 Å². The Kier molecular flexibility index (Phi) is 7.36. The first-order valence-electron chi connectivity index (χ1n) is 9.31. The summed E-state index contributed by atoms with van der Waals surface area (Å²) in [5.74, 6) is 1.19. The lowest BCUT2D eigenvalue weighted by Crippen LogP contribution is -2.42. The van der Waals surface area contributed by atoms with Gasteiger partial charge in [0, 0.05) is 38.4 Å². The fourth-order valence-corrected chi connectivity index (χ4v) is 3.42. The first-order valence-corrected chi connectivity index (χ1v) is 10.1. The fourth-order valence-electron chi connectivity index (χ4n) is 3.14. The molecule has 0 spiro atoms.